The Morgan fingerprint density at radius 1 is 1.10 bits per heavy atom. The lowest BCUT2D eigenvalue weighted by Gasteiger charge is -2.17. The minimum Gasteiger partial charge on any atom is -0.493 e. The number of aliphatic hydroxyl groups excluding tert-OH is 2. The van der Waals surface area contributed by atoms with Crippen molar-refractivity contribution in [2.45, 2.75) is 39.0 Å². The number of aromatic nitrogens is 1. The number of hydrogen-bond donors (Lipinski definition) is 2. The molecule has 2 N–H and O–H groups in total. The first-order chi connectivity index (χ1) is 14.7. The molecular formula is C25H30N2O3. The van der Waals surface area contributed by atoms with E-state index in [-0.39, 0.29) is 18.6 Å². The standard InChI is InChI=1S/C25H30N2O3/c1-2-11-30-25-10-7-18(12-21(25)17-28)14-27-15-20(24(29)16-27)13-22-9-8-19-5-3-4-6-23(19)26-22/h3-10,12,20,24,28-29H,2,11,13-17H2,1H3/t20-,24-/m1/s1. The van der Waals surface area contributed by atoms with E-state index >= 15 is 0 Å². The van der Waals surface area contributed by atoms with Crippen LogP contribution in [-0.4, -0.2) is 45.9 Å². The van der Waals surface area contributed by atoms with Crippen molar-refractivity contribution in [2.75, 3.05) is 19.7 Å². The summed E-state index contributed by atoms with van der Waals surface area (Å²) in [5.74, 6) is 0.924. The molecule has 2 atom stereocenters. The zero-order valence-corrected chi connectivity index (χ0v) is 17.5. The van der Waals surface area contributed by atoms with Crippen molar-refractivity contribution in [2.24, 2.45) is 5.92 Å². The van der Waals surface area contributed by atoms with E-state index in [1.54, 1.807) is 0 Å². The molecule has 2 heterocycles. The van der Waals surface area contributed by atoms with Crippen molar-refractivity contribution in [3.05, 3.63) is 71.4 Å². The third-order valence-electron chi connectivity index (χ3n) is 5.77. The minimum atomic E-state index is -0.359. The van der Waals surface area contributed by atoms with Crippen LogP contribution in [0.25, 0.3) is 10.9 Å². The van der Waals surface area contributed by atoms with Crippen molar-refractivity contribution in [1.82, 2.24) is 9.88 Å². The van der Waals surface area contributed by atoms with Gasteiger partial charge in [-0.2, -0.15) is 0 Å². The first-order valence-electron chi connectivity index (χ1n) is 10.8. The van der Waals surface area contributed by atoms with Crippen LogP contribution in [0, 0.1) is 5.92 Å². The van der Waals surface area contributed by atoms with Gasteiger partial charge in [-0.1, -0.05) is 37.3 Å². The van der Waals surface area contributed by atoms with Crippen LogP contribution in [0.4, 0.5) is 0 Å². The van der Waals surface area contributed by atoms with Crippen molar-refractivity contribution in [1.29, 1.82) is 0 Å². The fraction of sp³-hybridized carbons (Fsp3) is 0.400. The number of pyridine rings is 1. The highest BCUT2D eigenvalue weighted by Crippen LogP contribution is 2.26. The van der Waals surface area contributed by atoms with Crippen LogP contribution < -0.4 is 4.74 Å². The van der Waals surface area contributed by atoms with E-state index in [4.69, 9.17) is 9.72 Å². The van der Waals surface area contributed by atoms with Gasteiger partial charge < -0.3 is 14.9 Å². The molecule has 1 saturated heterocycles. The molecule has 5 heteroatoms. The summed E-state index contributed by atoms with van der Waals surface area (Å²) in [6.45, 7) is 4.91. The van der Waals surface area contributed by atoms with Crippen LogP contribution in [-0.2, 0) is 19.6 Å². The van der Waals surface area contributed by atoms with Gasteiger partial charge in [0.2, 0.25) is 0 Å². The quantitative estimate of drug-likeness (QED) is 0.599. The molecule has 1 fully saturated rings. The van der Waals surface area contributed by atoms with Gasteiger partial charge in [-0.05, 0) is 42.7 Å². The molecular weight excluding hydrogens is 376 g/mol. The van der Waals surface area contributed by atoms with Gasteiger partial charge in [0, 0.05) is 42.2 Å². The molecule has 2 aromatic carbocycles. The van der Waals surface area contributed by atoms with E-state index in [9.17, 15) is 10.2 Å². The lowest BCUT2D eigenvalue weighted by Crippen LogP contribution is -2.21. The number of nitrogens with zero attached hydrogens (tertiary/aromatic N) is 2. The summed E-state index contributed by atoms with van der Waals surface area (Å²) in [5.41, 5.74) is 3.97. The number of fused-ring (bicyclic) bond motifs is 1. The van der Waals surface area contributed by atoms with E-state index in [0.717, 1.165) is 59.4 Å². The van der Waals surface area contributed by atoms with Crippen molar-refractivity contribution in [3.63, 3.8) is 0 Å². The number of hydrogen-bond acceptors (Lipinski definition) is 5. The Morgan fingerprint density at radius 2 is 1.97 bits per heavy atom. The Morgan fingerprint density at radius 3 is 2.80 bits per heavy atom. The van der Waals surface area contributed by atoms with Crippen LogP contribution in [0.2, 0.25) is 0 Å². The fourth-order valence-electron chi connectivity index (χ4n) is 4.23. The van der Waals surface area contributed by atoms with Crippen LogP contribution in [0.3, 0.4) is 0 Å². The summed E-state index contributed by atoms with van der Waals surface area (Å²) in [5, 5.41) is 21.5. The molecule has 30 heavy (non-hydrogen) atoms. The maximum atomic E-state index is 10.6. The predicted molar refractivity (Wildman–Crippen MR) is 118 cm³/mol. The molecule has 0 amide bonds. The Balaban J connectivity index is 1.40. The van der Waals surface area contributed by atoms with Gasteiger partial charge in [0.05, 0.1) is 24.8 Å². The molecule has 4 rings (SSSR count). The van der Waals surface area contributed by atoms with Gasteiger partial charge in [0.25, 0.3) is 0 Å². The third kappa shape index (κ3) is 4.81. The van der Waals surface area contributed by atoms with Gasteiger partial charge in [-0.3, -0.25) is 9.88 Å². The van der Waals surface area contributed by atoms with Gasteiger partial charge in [-0.15, -0.1) is 0 Å². The lowest BCUT2D eigenvalue weighted by atomic mass is 9.99. The number of likely N-dealkylation sites (tertiary alicyclic amines) is 1. The van der Waals surface area contributed by atoms with Gasteiger partial charge in [0.15, 0.2) is 0 Å². The summed E-state index contributed by atoms with van der Waals surface area (Å²) < 4.78 is 5.71. The maximum Gasteiger partial charge on any atom is 0.124 e. The monoisotopic (exact) mass is 406 g/mol. The first kappa shape index (κ1) is 20.8. The normalized spacial score (nSPS) is 19.4. The number of rotatable bonds is 8. The van der Waals surface area contributed by atoms with Gasteiger partial charge in [-0.25, -0.2) is 0 Å². The van der Waals surface area contributed by atoms with E-state index < -0.39 is 0 Å². The van der Waals surface area contributed by atoms with Crippen molar-refractivity contribution >= 4 is 10.9 Å². The molecule has 3 aromatic rings. The summed E-state index contributed by atoms with van der Waals surface area (Å²) in [6.07, 6.45) is 1.35. The molecule has 0 spiro atoms. The molecule has 0 aliphatic carbocycles. The summed E-state index contributed by atoms with van der Waals surface area (Å²) in [4.78, 5) is 7.04. The summed E-state index contributed by atoms with van der Waals surface area (Å²) in [7, 11) is 0. The Bertz CT molecular complexity index is 991. The van der Waals surface area contributed by atoms with Gasteiger partial charge >= 0.3 is 0 Å². The van der Waals surface area contributed by atoms with E-state index in [2.05, 4.69) is 36.1 Å². The minimum absolute atomic E-state index is 0.0359. The molecule has 0 saturated carbocycles. The van der Waals surface area contributed by atoms with Crippen LogP contribution in [0.1, 0.15) is 30.2 Å². The highest BCUT2D eigenvalue weighted by Gasteiger charge is 2.31. The van der Waals surface area contributed by atoms with Crippen molar-refractivity contribution < 1.29 is 14.9 Å². The molecule has 5 nitrogen and oxygen atoms in total. The molecule has 0 radical (unpaired) electrons. The first-order valence-corrected chi connectivity index (χ1v) is 10.8. The third-order valence-corrected chi connectivity index (χ3v) is 5.77. The molecule has 1 aliphatic heterocycles. The summed E-state index contributed by atoms with van der Waals surface area (Å²) in [6, 6.07) is 18.3. The molecule has 0 bridgehead atoms. The fourth-order valence-corrected chi connectivity index (χ4v) is 4.23. The summed E-state index contributed by atoms with van der Waals surface area (Å²) >= 11 is 0. The number of aliphatic hydroxyl groups is 2. The maximum absolute atomic E-state index is 10.6. The topological polar surface area (TPSA) is 65.8 Å². The smallest absolute Gasteiger partial charge is 0.124 e. The van der Waals surface area contributed by atoms with Crippen LogP contribution >= 0.6 is 0 Å². The second kappa shape index (κ2) is 9.56. The molecule has 1 aliphatic rings. The lowest BCUT2D eigenvalue weighted by molar-refractivity contribution is 0.140. The predicted octanol–water partition coefficient (Wildman–Crippen LogP) is 3.55. The average molecular weight is 407 g/mol. The number of para-hydroxylation sites is 1. The average Bonchev–Trinajstić information content (AvgIpc) is 3.11. The molecule has 158 valence electrons. The highest BCUT2D eigenvalue weighted by atomic mass is 16.5. The van der Waals surface area contributed by atoms with E-state index in [0.29, 0.717) is 13.2 Å². The van der Waals surface area contributed by atoms with E-state index in [1.165, 1.54) is 0 Å². The van der Waals surface area contributed by atoms with Crippen LogP contribution in [0.5, 0.6) is 5.75 Å². The molecule has 1 aromatic heterocycles. The zero-order chi connectivity index (χ0) is 20.9. The number of benzene rings is 2. The van der Waals surface area contributed by atoms with Gasteiger partial charge in [0.1, 0.15) is 5.75 Å². The Labute approximate surface area is 177 Å². The number of ether oxygens (including phenoxy) is 1. The van der Waals surface area contributed by atoms with Crippen LogP contribution in [0.15, 0.2) is 54.6 Å². The second-order valence-corrected chi connectivity index (χ2v) is 8.17. The number of β-amino-alcohol motifs (C(OH)–C–C–N with tert-alkyl or cyclic N) is 1. The Hall–Kier alpha value is -2.47. The zero-order valence-electron chi connectivity index (χ0n) is 17.5. The van der Waals surface area contributed by atoms with E-state index in [1.807, 2.05) is 30.3 Å². The second-order valence-electron chi connectivity index (χ2n) is 8.17. The SMILES string of the molecule is CCCOc1ccc(CN2C[C@@H](Cc3ccc4ccccc4n3)[C@H](O)C2)cc1CO. The highest BCUT2D eigenvalue weighted by molar-refractivity contribution is 5.78. The largest absolute Gasteiger partial charge is 0.493 e. The Kier molecular flexibility index (Phi) is 6.62. The molecule has 0 unspecified atom stereocenters. The van der Waals surface area contributed by atoms with Crippen molar-refractivity contribution in [3.8, 4) is 5.75 Å².